The molecule has 1 aliphatic heterocycles. The molecule has 2 nitrogen and oxygen atoms in total. The highest BCUT2D eigenvalue weighted by atomic mass is 32.2. The van der Waals surface area contributed by atoms with E-state index in [0.29, 0.717) is 13.2 Å². The van der Waals surface area contributed by atoms with Gasteiger partial charge in [0.15, 0.2) is 0 Å². The van der Waals surface area contributed by atoms with Crippen molar-refractivity contribution in [2.75, 3.05) is 19.5 Å². The van der Waals surface area contributed by atoms with Crippen molar-refractivity contribution in [3.05, 3.63) is 29.8 Å². The lowest BCUT2D eigenvalue weighted by Gasteiger charge is -2.38. The van der Waals surface area contributed by atoms with Gasteiger partial charge in [0.25, 0.3) is 0 Å². The van der Waals surface area contributed by atoms with E-state index in [-0.39, 0.29) is 5.54 Å². The second-order valence-corrected chi connectivity index (χ2v) is 4.26. The van der Waals surface area contributed by atoms with Crippen LogP contribution in [0.2, 0.25) is 0 Å². The first-order chi connectivity index (χ1) is 6.24. The zero-order valence-corrected chi connectivity index (χ0v) is 8.43. The van der Waals surface area contributed by atoms with E-state index in [2.05, 4.69) is 30.5 Å². The normalized spacial score (nSPS) is 19.5. The van der Waals surface area contributed by atoms with E-state index >= 15 is 0 Å². The Hall–Kier alpha value is -0.510. The molecule has 2 rings (SSSR count). The molecule has 0 bridgehead atoms. The molecule has 1 aliphatic rings. The maximum Gasteiger partial charge on any atom is 0.0883 e. The Morgan fingerprint density at radius 1 is 1.31 bits per heavy atom. The van der Waals surface area contributed by atoms with E-state index in [4.69, 9.17) is 10.5 Å². The Morgan fingerprint density at radius 3 is 2.31 bits per heavy atom. The number of thioether (sulfide) groups is 1. The molecule has 1 aromatic carbocycles. The average Bonchev–Trinajstić information content (AvgIpc) is 2.14. The Bertz CT molecular complexity index is 292. The second-order valence-electron chi connectivity index (χ2n) is 3.38. The molecule has 0 atom stereocenters. The van der Waals surface area contributed by atoms with Crippen molar-refractivity contribution >= 4 is 11.8 Å². The van der Waals surface area contributed by atoms with E-state index in [0.717, 1.165) is 0 Å². The number of benzene rings is 1. The zero-order valence-electron chi connectivity index (χ0n) is 7.62. The Kier molecular flexibility index (Phi) is 2.32. The van der Waals surface area contributed by atoms with Crippen molar-refractivity contribution in [1.82, 2.24) is 0 Å². The molecule has 1 aromatic rings. The van der Waals surface area contributed by atoms with Crippen LogP contribution in [0, 0.1) is 0 Å². The highest BCUT2D eigenvalue weighted by molar-refractivity contribution is 7.98. The maximum atomic E-state index is 6.08. The van der Waals surface area contributed by atoms with Gasteiger partial charge in [-0.25, -0.2) is 0 Å². The van der Waals surface area contributed by atoms with Crippen LogP contribution in [0.25, 0.3) is 0 Å². The number of hydrogen-bond acceptors (Lipinski definition) is 3. The fourth-order valence-corrected chi connectivity index (χ4v) is 1.82. The van der Waals surface area contributed by atoms with E-state index in [1.807, 2.05) is 0 Å². The van der Waals surface area contributed by atoms with Gasteiger partial charge in [-0.2, -0.15) is 0 Å². The van der Waals surface area contributed by atoms with Gasteiger partial charge >= 0.3 is 0 Å². The van der Waals surface area contributed by atoms with Gasteiger partial charge in [-0.3, -0.25) is 0 Å². The van der Waals surface area contributed by atoms with Crippen molar-refractivity contribution < 1.29 is 4.74 Å². The fourth-order valence-electron chi connectivity index (χ4n) is 1.41. The summed E-state index contributed by atoms with van der Waals surface area (Å²) in [6.07, 6.45) is 2.07. The van der Waals surface area contributed by atoms with Gasteiger partial charge in [0.2, 0.25) is 0 Å². The van der Waals surface area contributed by atoms with E-state index in [9.17, 15) is 0 Å². The molecular weight excluding hydrogens is 182 g/mol. The molecule has 0 amide bonds. The average molecular weight is 195 g/mol. The Balaban J connectivity index is 2.22. The zero-order chi connectivity index (χ0) is 9.31. The van der Waals surface area contributed by atoms with E-state index in [1.54, 1.807) is 11.8 Å². The molecule has 3 heteroatoms. The highest BCUT2D eigenvalue weighted by Gasteiger charge is 2.35. The van der Waals surface area contributed by atoms with Crippen molar-refractivity contribution in [3.8, 4) is 0 Å². The van der Waals surface area contributed by atoms with Crippen molar-refractivity contribution in [2.24, 2.45) is 5.73 Å². The van der Waals surface area contributed by atoms with Gasteiger partial charge in [0.05, 0.1) is 18.8 Å². The number of ether oxygens (including phenoxy) is 1. The summed E-state index contributed by atoms with van der Waals surface area (Å²) in [6, 6.07) is 8.39. The summed E-state index contributed by atoms with van der Waals surface area (Å²) < 4.78 is 5.12. The summed E-state index contributed by atoms with van der Waals surface area (Å²) in [5, 5.41) is 0. The third-order valence-corrected chi connectivity index (χ3v) is 3.13. The summed E-state index contributed by atoms with van der Waals surface area (Å²) in [6.45, 7) is 1.29. The van der Waals surface area contributed by atoms with Gasteiger partial charge in [-0.1, -0.05) is 12.1 Å². The standard InChI is InChI=1S/C10H13NOS/c1-13-9-4-2-8(3-5-9)10(11)6-12-7-10/h2-5H,6-7,11H2,1H3. The van der Waals surface area contributed by atoms with Gasteiger partial charge in [0, 0.05) is 4.90 Å². The summed E-state index contributed by atoms with van der Waals surface area (Å²) in [5.41, 5.74) is 7.04. The molecule has 2 N–H and O–H groups in total. The molecule has 0 spiro atoms. The molecule has 1 heterocycles. The quantitative estimate of drug-likeness (QED) is 0.728. The fraction of sp³-hybridized carbons (Fsp3) is 0.400. The largest absolute Gasteiger partial charge is 0.377 e. The van der Waals surface area contributed by atoms with Crippen LogP contribution >= 0.6 is 11.8 Å². The van der Waals surface area contributed by atoms with Crippen LogP contribution in [-0.4, -0.2) is 19.5 Å². The summed E-state index contributed by atoms with van der Waals surface area (Å²) in [7, 11) is 0. The van der Waals surface area contributed by atoms with Gasteiger partial charge < -0.3 is 10.5 Å². The third-order valence-electron chi connectivity index (χ3n) is 2.38. The van der Waals surface area contributed by atoms with Crippen molar-refractivity contribution in [2.45, 2.75) is 10.4 Å². The molecule has 1 fully saturated rings. The van der Waals surface area contributed by atoms with Crippen LogP contribution < -0.4 is 5.73 Å². The summed E-state index contributed by atoms with van der Waals surface area (Å²) in [4.78, 5) is 1.27. The van der Waals surface area contributed by atoms with Crippen LogP contribution in [0.5, 0.6) is 0 Å². The second kappa shape index (κ2) is 3.33. The van der Waals surface area contributed by atoms with E-state index < -0.39 is 0 Å². The highest BCUT2D eigenvalue weighted by Crippen LogP contribution is 2.27. The third kappa shape index (κ3) is 1.59. The minimum absolute atomic E-state index is 0.225. The van der Waals surface area contributed by atoms with Crippen LogP contribution in [0.3, 0.4) is 0 Å². The first-order valence-corrected chi connectivity index (χ1v) is 5.48. The lowest BCUT2D eigenvalue weighted by molar-refractivity contribution is -0.0569. The smallest absolute Gasteiger partial charge is 0.0883 e. The monoisotopic (exact) mass is 195 g/mol. The summed E-state index contributed by atoms with van der Waals surface area (Å²) in [5.74, 6) is 0. The van der Waals surface area contributed by atoms with Crippen LogP contribution in [0.4, 0.5) is 0 Å². The van der Waals surface area contributed by atoms with Crippen molar-refractivity contribution in [3.63, 3.8) is 0 Å². The molecule has 1 saturated heterocycles. The lowest BCUT2D eigenvalue weighted by Crippen LogP contribution is -2.54. The predicted molar refractivity (Wildman–Crippen MR) is 54.9 cm³/mol. The number of nitrogens with two attached hydrogens (primary N) is 1. The van der Waals surface area contributed by atoms with Gasteiger partial charge in [0.1, 0.15) is 0 Å². The number of rotatable bonds is 2. The van der Waals surface area contributed by atoms with Crippen LogP contribution in [-0.2, 0) is 10.3 Å². The van der Waals surface area contributed by atoms with Crippen molar-refractivity contribution in [1.29, 1.82) is 0 Å². The molecule has 0 saturated carbocycles. The van der Waals surface area contributed by atoms with Gasteiger partial charge in [-0.15, -0.1) is 11.8 Å². The minimum Gasteiger partial charge on any atom is -0.377 e. The first kappa shape index (κ1) is 9.06. The molecule has 13 heavy (non-hydrogen) atoms. The molecule has 70 valence electrons. The molecule has 0 radical (unpaired) electrons. The first-order valence-electron chi connectivity index (χ1n) is 4.26. The van der Waals surface area contributed by atoms with Gasteiger partial charge in [-0.05, 0) is 24.0 Å². The predicted octanol–water partition coefficient (Wildman–Crippen LogP) is 1.59. The van der Waals surface area contributed by atoms with Crippen LogP contribution in [0.1, 0.15) is 5.56 Å². The molecule has 0 unspecified atom stereocenters. The SMILES string of the molecule is CSc1ccc(C2(N)COC2)cc1. The molecule has 0 aliphatic carbocycles. The Labute approximate surface area is 82.5 Å². The topological polar surface area (TPSA) is 35.2 Å². The van der Waals surface area contributed by atoms with Crippen LogP contribution in [0.15, 0.2) is 29.2 Å². The molecular formula is C10H13NOS. The maximum absolute atomic E-state index is 6.08. The van der Waals surface area contributed by atoms with E-state index in [1.165, 1.54) is 10.5 Å². The number of hydrogen-bond donors (Lipinski definition) is 1. The Morgan fingerprint density at radius 2 is 1.92 bits per heavy atom. The summed E-state index contributed by atoms with van der Waals surface area (Å²) >= 11 is 1.74. The minimum atomic E-state index is -0.225. The lowest BCUT2D eigenvalue weighted by atomic mass is 9.89. The molecule has 0 aromatic heterocycles.